The van der Waals surface area contributed by atoms with E-state index in [1.54, 1.807) is 35.3 Å². The molecule has 98 valence electrons. The number of nitrogens with zero attached hydrogens (tertiary/aromatic N) is 5. The Morgan fingerprint density at radius 1 is 1.20 bits per heavy atom. The molecule has 0 unspecified atom stereocenters. The molecule has 4 aromatic rings. The maximum atomic E-state index is 6.22. The zero-order chi connectivity index (χ0) is 13.7. The second-order valence-corrected chi connectivity index (χ2v) is 4.67. The van der Waals surface area contributed by atoms with Gasteiger partial charge in [0.1, 0.15) is 11.8 Å². The Hall–Kier alpha value is -2.67. The highest BCUT2D eigenvalue weighted by Crippen LogP contribution is 2.32. The van der Waals surface area contributed by atoms with Gasteiger partial charge in [-0.3, -0.25) is 4.40 Å². The molecule has 7 nitrogen and oxygen atoms in total. The minimum absolute atomic E-state index is 0.518. The number of nitrogen functional groups attached to an aromatic ring is 1. The Bertz CT molecular complexity index is 919. The highest BCUT2D eigenvalue weighted by molar-refractivity contribution is 6.33. The Balaban J connectivity index is 2.10. The average molecular weight is 286 g/mol. The molecule has 20 heavy (non-hydrogen) atoms. The summed E-state index contributed by atoms with van der Waals surface area (Å²) in [4.78, 5) is 11.3. The molecule has 0 saturated carbocycles. The van der Waals surface area contributed by atoms with Crippen molar-refractivity contribution in [1.29, 1.82) is 0 Å². The van der Waals surface area contributed by atoms with Gasteiger partial charge in [-0.2, -0.15) is 0 Å². The van der Waals surface area contributed by atoms with Crippen LogP contribution in [-0.2, 0) is 0 Å². The number of nitrogens with one attached hydrogen (secondary N) is 1. The van der Waals surface area contributed by atoms with Crippen molar-refractivity contribution in [3.63, 3.8) is 0 Å². The SMILES string of the molecule is Nc1cccc(Cl)c1-c1nnc2c3[nH]cnc3ncn12. The Morgan fingerprint density at radius 2 is 2.10 bits per heavy atom. The van der Waals surface area contributed by atoms with E-state index in [0.29, 0.717) is 33.4 Å². The number of imidazole rings is 1. The van der Waals surface area contributed by atoms with Gasteiger partial charge in [0.25, 0.3) is 0 Å². The number of benzene rings is 1. The van der Waals surface area contributed by atoms with Gasteiger partial charge in [0, 0.05) is 5.69 Å². The Morgan fingerprint density at radius 3 is 2.95 bits per heavy atom. The predicted molar refractivity (Wildman–Crippen MR) is 75.3 cm³/mol. The zero-order valence-electron chi connectivity index (χ0n) is 10.1. The van der Waals surface area contributed by atoms with Gasteiger partial charge in [0.15, 0.2) is 17.1 Å². The number of H-pyrrole nitrogens is 1. The molecule has 8 heteroatoms. The summed E-state index contributed by atoms with van der Waals surface area (Å²) in [7, 11) is 0. The minimum Gasteiger partial charge on any atom is -0.398 e. The lowest BCUT2D eigenvalue weighted by Crippen LogP contribution is -1.96. The lowest BCUT2D eigenvalue weighted by Gasteiger charge is -2.05. The zero-order valence-corrected chi connectivity index (χ0v) is 10.8. The van der Waals surface area contributed by atoms with Crippen LogP contribution < -0.4 is 5.73 Å². The molecule has 3 heterocycles. The Kier molecular flexibility index (Phi) is 2.19. The van der Waals surface area contributed by atoms with Crippen LogP contribution in [0.5, 0.6) is 0 Å². The highest BCUT2D eigenvalue weighted by atomic mass is 35.5. The van der Waals surface area contributed by atoms with Crippen molar-refractivity contribution >= 4 is 34.1 Å². The molecule has 0 radical (unpaired) electrons. The molecule has 0 spiro atoms. The molecule has 0 bridgehead atoms. The highest BCUT2D eigenvalue weighted by Gasteiger charge is 2.16. The standard InChI is InChI=1S/C12H8ClN7/c13-6-2-1-3-7(14)8(6)11-18-19-12-9-10(16-4-15-9)17-5-20(11)12/h1-5H,14H2,(H,15,16). The van der Waals surface area contributed by atoms with E-state index in [4.69, 9.17) is 17.3 Å². The smallest absolute Gasteiger partial charge is 0.190 e. The van der Waals surface area contributed by atoms with Gasteiger partial charge in [0.05, 0.1) is 16.9 Å². The lowest BCUT2D eigenvalue weighted by atomic mass is 10.1. The summed E-state index contributed by atoms with van der Waals surface area (Å²) >= 11 is 6.22. The first kappa shape index (κ1) is 11.2. The van der Waals surface area contributed by atoms with Crippen molar-refractivity contribution in [3.8, 4) is 11.4 Å². The van der Waals surface area contributed by atoms with Crippen molar-refractivity contribution in [2.45, 2.75) is 0 Å². The van der Waals surface area contributed by atoms with Crippen LogP contribution in [0.3, 0.4) is 0 Å². The summed E-state index contributed by atoms with van der Waals surface area (Å²) in [6.07, 6.45) is 3.17. The van der Waals surface area contributed by atoms with Gasteiger partial charge in [-0.05, 0) is 12.1 Å². The Labute approximate surface area is 117 Å². The first-order valence-corrected chi connectivity index (χ1v) is 6.20. The molecule has 0 amide bonds. The molecule has 0 atom stereocenters. The van der Waals surface area contributed by atoms with Gasteiger partial charge in [-0.1, -0.05) is 17.7 Å². The normalized spacial score (nSPS) is 11.4. The summed E-state index contributed by atoms with van der Waals surface area (Å²) in [6, 6.07) is 5.32. The van der Waals surface area contributed by atoms with Crippen molar-refractivity contribution in [1.82, 2.24) is 29.5 Å². The van der Waals surface area contributed by atoms with Crippen LogP contribution in [0.15, 0.2) is 30.9 Å². The van der Waals surface area contributed by atoms with E-state index in [-0.39, 0.29) is 0 Å². The van der Waals surface area contributed by atoms with E-state index >= 15 is 0 Å². The van der Waals surface area contributed by atoms with Crippen LogP contribution in [0, 0.1) is 0 Å². The fraction of sp³-hybridized carbons (Fsp3) is 0. The number of fused-ring (bicyclic) bond motifs is 3. The first-order chi connectivity index (χ1) is 9.75. The number of halogens is 1. The van der Waals surface area contributed by atoms with Gasteiger partial charge < -0.3 is 10.7 Å². The van der Waals surface area contributed by atoms with Crippen LogP contribution >= 0.6 is 11.6 Å². The summed E-state index contributed by atoms with van der Waals surface area (Å²) in [5.74, 6) is 0.548. The maximum absolute atomic E-state index is 6.22. The quantitative estimate of drug-likeness (QED) is 0.521. The predicted octanol–water partition coefficient (Wildman–Crippen LogP) is 1.90. The van der Waals surface area contributed by atoms with Crippen molar-refractivity contribution in [2.24, 2.45) is 0 Å². The van der Waals surface area contributed by atoms with Crippen molar-refractivity contribution < 1.29 is 0 Å². The third-order valence-corrected chi connectivity index (χ3v) is 3.42. The molecule has 0 aliphatic carbocycles. The van der Waals surface area contributed by atoms with Crippen LogP contribution in [0.25, 0.3) is 28.2 Å². The average Bonchev–Trinajstić information content (AvgIpc) is 3.04. The van der Waals surface area contributed by atoms with Crippen LogP contribution in [-0.4, -0.2) is 29.5 Å². The number of hydrogen-bond acceptors (Lipinski definition) is 5. The van der Waals surface area contributed by atoms with E-state index in [9.17, 15) is 0 Å². The molecule has 0 aliphatic heterocycles. The molecular formula is C12H8ClN7. The van der Waals surface area contributed by atoms with Crippen LogP contribution in [0.1, 0.15) is 0 Å². The molecule has 3 aromatic heterocycles. The van der Waals surface area contributed by atoms with Gasteiger partial charge in [-0.25, -0.2) is 9.97 Å². The van der Waals surface area contributed by atoms with Crippen LogP contribution in [0.2, 0.25) is 5.02 Å². The summed E-state index contributed by atoms with van der Waals surface area (Å²) in [6.45, 7) is 0. The number of nitrogens with two attached hydrogens (primary N) is 1. The second kappa shape index (κ2) is 3.91. The number of aromatic amines is 1. The largest absolute Gasteiger partial charge is 0.398 e. The second-order valence-electron chi connectivity index (χ2n) is 4.27. The molecule has 1 aromatic carbocycles. The molecule has 0 aliphatic rings. The number of anilines is 1. The van der Waals surface area contributed by atoms with E-state index in [1.165, 1.54) is 0 Å². The van der Waals surface area contributed by atoms with E-state index < -0.39 is 0 Å². The molecule has 3 N–H and O–H groups in total. The first-order valence-electron chi connectivity index (χ1n) is 5.83. The monoisotopic (exact) mass is 285 g/mol. The van der Waals surface area contributed by atoms with E-state index in [2.05, 4.69) is 25.1 Å². The molecule has 4 rings (SSSR count). The number of aromatic nitrogens is 6. The lowest BCUT2D eigenvalue weighted by molar-refractivity contribution is 1.09. The molecule has 0 fully saturated rings. The van der Waals surface area contributed by atoms with Gasteiger partial charge in [-0.15, -0.1) is 10.2 Å². The minimum atomic E-state index is 0.518. The maximum Gasteiger partial charge on any atom is 0.190 e. The van der Waals surface area contributed by atoms with Gasteiger partial charge in [0.2, 0.25) is 0 Å². The van der Waals surface area contributed by atoms with Gasteiger partial charge >= 0.3 is 0 Å². The van der Waals surface area contributed by atoms with Crippen LogP contribution in [0.4, 0.5) is 5.69 Å². The molecular weight excluding hydrogens is 278 g/mol. The third-order valence-electron chi connectivity index (χ3n) is 3.10. The third kappa shape index (κ3) is 1.41. The number of rotatable bonds is 1. The van der Waals surface area contributed by atoms with E-state index in [1.807, 2.05) is 0 Å². The number of hydrogen-bond donors (Lipinski definition) is 2. The molecule has 0 saturated heterocycles. The fourth-order valence-corrected chi connectivity index (χ4v) is 2.45. The fourth-order valence-electron chi connectivity index (χ4n) is 2.18. The van der Waals surface area contributed by atoms with Crippen molar-refractivity contribution in [3.05, 3.63) is 35.9 Å². The topological polar surface area (TPSA) is 97.8 Å². The summed E-state index contributed by atoms with van der Waals surface area (Å²) < 4.78 is 1.73. The summed E-state index contributed by atoms with van der Waals surface area (Å²) in [5, 5.41) is 8.86. The van der Waals surface area contributed by atoms with Crippen molar-refractivity contribution in [2.75, 3.05) is 5.73 Å². The van der Waals surface area contributed by atoms with E-state index in [0.717, 1.165) is 5.52 Å². The summed E-state index contributed by atoms with van der Waals surface area (Å²) in [5.41, 5.74) is 9.10.